The molecule has 0 aromatic heterocycles. The molecule has 0 aliphatic rings. The number of benzene rings is 1. The van der Waals surface area contributed by atoms with Crippen molar-refractivity contribution in [2.45, 2.75) is 13.5 Å². The molecule has 0 spiro atoms. The van der Waals surface area contributed by atoms with Gasteiger partial charge < -0.3 is 10.4 Å². The van der Waals surface area contributed by atoms with Crippen molar-refractivity contribution in [3.05, 3.63) is 35.4 Å². The van der Waals surface area contributed by atoms with Gasteiger partial charge in [-0.25, -0.2) is 4.79 Å². The van der Waals surface area contributed by atoms with Gasteiger partial charge in [0.1, 0.15) is 0 Å². The van der Waals surface area contributed by atoms with E-state index in [1.807, 2.05) is 17.9 Å². The second kappa shape index (κ2) is 6.76. The Hall–Kier alpha value is -1.88. The first-order chi connectivity index (χ1) is 8.56. The fourth-order valence-electron chi connectivity index (χ4n) is 1.62. The number of rotatable bonds is 6. The average molecular weight is 250 g/mol. The topological polar surface area (TPSA) is 69.6 Å². The van der Waals surface area contributed by atoms with E-state index in [2.05, 4.69) is 5.32 Å². The van der Waals surface area contributed by atoms with E-state index in [0.29, 0.717) is 13.1 Å². The van der Waals surface area contributed by atoms with Crippen molar-refractivity contribution >= 4 is 11.9 Å². The SMILES string of the molecule is CCN(CC(=O)NC)Cc1cccc(C(=O)O)c1. The number of hydrogen-bond donors (Lipinski definition) is 2. The van der Waals surface area contributed by atoms with Crippen LogP contribution in [-0.2, 0) is 11.3 Å². The molecule has 0 saturated heterocycles. The molecule has 0 fully saturated rings. The number of carboxylic acids is 1. The van der Waals surface area contributed by atoms with E-state index < -0.39 is 5.97 Å². The molecule has 2 N–H and O–H groups in total. The lowest BCUT2D eigenvalue weighted by Crippen LogP contribution is -2.35. The second-order valence-electron chi connectivity index (χ2n) is 3.98. The van der Waals surface area contributed by atoms with Crippen LogP contribution in [0.3, 0.4) is 0 Å². The largest absolute Gasteiger partial charge is 0.478 e. The third-order valence-corrected chi connectivity index (χ3v) is 2.67. The lowest BCUT2D eigenvalue weighted by atomic mass is 10.1. The summed E-state index contributed by atoms with van der Waals surface area (Å²) < 4.78 is 0. The van der Waals surface area contributed by atoms with E-state index in [4.69, 9.17) is 5.11 Å². The van der Waals surface area contributed by atoms with Crippen molar-refractivity contribution < 1.29 is 14.7 Å². The number of carboxylic acid groups (broad SMARTS) is 1. The molecule has 0 saturated carbocycles. The molecule has 0 bridgehead atoms. The minimum atomic E-state index is -0.939. The molecule has 0 aliphatic carbocycles. The predicted octanol–water partition coefficient (Wildman–Crippen LogP) is 0.953. The van der Waals surface area contributed by atoms with Crippen LogP contribution in [0.2, 0.25) is 0 Å². The molecule has 0 unspecified atom stereocenters. The average Bonchev–Trinajstić information content (AvgIpc) is 2.38. The van der Waals surface area contributed by atoms with E-state index in [9.17, 15) is 9.59 Å². The summed E-state index contributed by atoms with van der Waals surface area (Å²) in [7, 11) is 1.60. The van der Waals surface area contributed by atoms with Gasteiger partial charge in [0.25, 0.3) is 0 Å². The summed E-state index contributed by atoms with van der Waals surface area (Å²) in [6.07, 6.45) is 0. The number of carbonyl (C=O) groups is 2. The van der Waals surface area contributed by atoms with Gasteiger partial charge in [0.2, 0.25) is 5.91 Å². The van der Waals surface area contributed by atoms with Crippen molar-refractivity contribution in [1.82, 2.24) is 10.2 Å². The van der Waals surface area contributed by atoms with Crippen molar-refractivity contribution in [1.29, 1.82) is 0 Å². The van der Waals surface area contributed by atoms with Gasteiger partial charge in [-0.3, -0.25) is 9.69 Å². The fourth-order valence-corrected chi connectivity index (χ4v) is 1.62. The predicted molar refractivity (Wildman–Crippen MR) is 68.4 cm³/mol. The Morgan fingerprint density at radius 2 is 2.11 bits per heavy atom. The van der Waals surface area contributed by atoms with E-state index in [0.717, 1.165) is 12.1 Å². The zero-order chi connectivity index (χ0) is 13.5. The van der Waals surface area contributed by atoms with Crippen LogP contribution < -0.4 is 5.32 Å². The van der Waals surface area contributed by atoms with Crippen LogP contribution in [0.25, 0.3) is 0 Å². The maximum atomic E-state index is 11.3. The normalized spacial score (nSPS) is 10.4. The van der Waals surface area contributed by atoms with Crippen LogP contribution in [0.1, 0.15) is 22.8 Å². The third kappa shape index (κ3) is 4.18. The Labute approximate surface area is 106 Å². The Bertz CT molecular complexity index is 432. The highest BCUT2D eigenvalue weighted by Gasteiger charge is 2.09. The summed E-state index contributed by atoms with van der Waals surface area (Å²) in [4.78, 5) is 24.1. The molecule has 98 valence electrons. The molecule has 5 nitrogen and oxygen atoms in total. The summed E-state index contributed by atoms with van der Waals surface area (Å²) in [5.74, 6) is -0.988. The highest BCUT2D eigenvalue weighted by molar-refractivity contribution is 5.87. The Morgan fingerprint density at radius 3 is 2.67 bits per heavy atom. The highest BCUT2D eigenvalue weighted by Crippen LogP contribution is 2.08. The van der Waals surface area contributed by atoms with E-state index in [1.165, 1.54) is 0 Å². The molecular formula is C13H18N2O3. The number of aromatic carboxylic acids is 1. The van der Waals surface area contributed by atoms with Crippen molar-refractivity contribution in [2.24, 2.45) is 0 Å². The van der Waals surface area contributed by atoms with Gasteiger partial charge in [-0.2, -0.15) is 0 Å². The van der Waals surface area contributed by atoms with Gasteiger partial charge in [0.15, 0.2) is 0 Å². The first kappa shape index (κ1) is 14.2. The van der Waals surface area contributed by atoms with Crippen molar-refractivity contribution in [2.75, 3.05) is 20.1 Å². The maximum absolute atomic E-state index is 11.3. The molecule has 1 amide bonds. The van der Waals surface area contributed by atoms with Crippen LogP contribution in [-0.4, -0.2) is 42.0 Å². The third-order valence-electron chi connectivity index (χ3n) is 2.67. The molecule has 0 heterocycles. The zero-order valence-corrected chi connectivity index (χ0v) is 10.6. The fraction of sp³-hybridized carbons (Fsp3) is 0.385. The van der Waals surface area contributed by atoms with Crippen LogP contribution in [0.4, 0.5) is 0 Å². The van der Waals surface area contributed by atoms with Gasteiger partial charge in [-0.1, -0.05) is 19.1 Å². The number of carbonyl (C=O) groups excluding carboxylic acids is 1. The summed E-state index contributed by atoms with van der Waals surface area (Å²) in [6.45, 7) is 3.56. The minimum absolute atomic E-state index is 0.0498. The zero-order valence-electron chi connectivity index (χ0n) is 10.6. The summed E-state index contributed by atoms with van der Waals surface area (Å²) in [5, 5.41) is 11.5. The van der Waals surface area contributed by atoms with Crippen LogP contribution >= 0.6 is 0 Å². The number of nitrogens with zero attached hydrogens (tertiary/aromatic N) is 1. The molecule has 0 radical (unpaired) electrons. The van der Waals surface area contributed by atoms with E-state index >= 15 is 0 Å². The first-order valence-corrected chi connectivity index (χ1v) is 5.82. The maximum Gasteiger partial charge on any atom is 0.335 e. The van der Waals surface area contributed by atoms with E-state index in [-0.39, 0.29) is 11.5 Å². The highest BCUT2D eigenvalue weighted by atomic mass is 16.4. The van der Waals surface area contributed by atoms with Gasteiger partial charge >= 0.3 is 5.97 Å². The van der Waals surface area contributed by atoms with E-state index in [1.54, 1.807) is 25.2 Å². The number of amides is 1. The number of hydrogen-bond acceptors (Lipinski definition) is 3. The Morgan fingerprint density at radius 1 is 1.39 bits per heavy atom. The lowest BCUT2D eigenvalue weighted by Gasteiger charge is -2.19. The molecule has 0 atom stereocenters. The second-order valence-corrected chi connectivity index (χ2v) is 3.98. The smallest absolute Gasteiger partial charge is 0.335 e. The molecule has 0 aliphatic heterocycles. The summed E-state index contributed by atoms with van der Waals surface area (Å²) in [5.41, 5.74) is 1.16. The summed E-state index contributed by atoms with van der Waals surface area (Å²) in [6, 6.07) is 6.77. The molecule has 5 heteroatoms. The minimum Gasteiger partial charge on any atom is -0.478 e. The van der Waals surface area contributed by atoms with Gasteiger partial charge in [0.05, 0.1) is 12.1 Å². The molecular weight excluding hydrogens is 232 g/mol. The molecule has 1 aromatic carbocycles. The Balaban J connectivity index is 2.72. The Kier molecular flexibility index (Phi) is 5.32. The number of nitrogens with one attached hydrogen (secondary N) is 1. The van der Waals surface area contributed by atoms with Crippen molar-refractivity contribution in [3.8, 4) is 0 Å². The molecule has 1 rings (SSSR count). The number of likely N-dealkylation sites (N-methyl/N-ethyl adjacent to an activating group) is 2. The quantitative estimate of drug-likeness (QED) is 0.788. The van der Waals surface area contributed by atoms with Gasteiger partial charge in [-0.05, 0) is 24.2 Å². The van der Waals surface area contributed by atoms with Crippen LogP contribution in [0, 0.1) is 0 Å². The molecule has 18 heavy (non-hydrogen) atoms. The van der Waals surface area contributed by atoms with Crippen LogP contribution in [0.5, 0.6) is 0 Å². The lowest BCUT2D eigenvalue weighted by molar-refractivity contribution is -0.121. The monoisotopic (exact) mass is 250 g/mol. The van der Waals surface area contributed by atoms with Gasteiger partial charge in [-0.15, -0.1) is 0 Å². The first-order valence-electron chi connectivity index (χ1n) is 5.82. The van der Waals surface area contributed by atoms with Gasteiger partial charge in [0, 0.05) is 13.6 Å². The molecule has 1 aromatic rings. The summed E-state index contributed by atoms with van der Waals surface area (Å²) >= 11 is 0. The van der Waals surface area contributed by atoms with Crippen molar-refractivity contribution in [3.63, 3.8) is 0 Å². The standard InChI is InChI=1S/C13H18N2O3/c1-3-15(9-12(16)14-2)8-10-5-4-6-11(7-10)13(17)18/h4-7H,3,8-9H2,1-2H3,(H,14,16)(H,17,18). The van der Waals surface area contributed by atoms with Crippen LogP contribution in [0.15, 0.2) is 24.3 Å².